The molecule has 0 saturated heterocycles. The smallest absolute Gasteiger partial charge is 0.335 e. The van der Waals surface area contributed by atoms with Crippen LogP contribution in [-0.2, 0) is 16.9 Å². The Morgan fingerprint density at radius 1 is 1.27 bits per heavy atom. The van der Waals surface area contributed by atoms with Crippen LogP contribution in [0.1, 0.15) is 39.9 Å². The number of carboxylic acid groups (broad SMARTS) is 1. The van der Waals surface area contributed by atoms with Gasteiger partial charge >= 0.3 is 5.97 Å². The molecule has 2 aromatic rings. The van der Waals surface area contributed by atoms with Crippen molar-refractivity contribution in [2.75, 3.05) is 20.6 Å². The van der Waals surface area contributed by atoms with E-state index in [9.17, 15) is 19.5 Å². The zero-order valence-corrected chi connectivity index (χ0v) is 14.9. The van der Waals surface area contributed by atoms with Crippen molar-refractivity contribution in [1.82, 2.24) is 0 Å². The maximum absolute atomic E-state index is 13.4. The molecule has 5 nitrogen and oxygen atoms in total. The van der Waals surface area contributed by atoms with Gasteiger partial charge in [-0.15, -0.1) is 0 Å². The Labute approximate surface area is 151 Å². The Hall–Kier alpha value is -2.28. The molecule has 0 aliphatic carbocycles. The molecule has 0 spiro atoms. The highest BCUT2D eigenvalue weighted by molar-refractivity contribution is 5.88. The molecule has 0 amide bonds. The van der Waals surface area contributed by atoms with Gasteiger partial charge in [-0.25, -0.2) is 9.18 Å². The van der Waals surface area contributed by atoms with Crippen LogP contribution in [0.15, 0.2) is 42.5 Å². The van der Waals surface area contributed by atoms with Gasteiger partial charge in [-0.2, -0.15) is 0 Å². The lowest BCUT2D eigenvalue weighted by atomic mass is 9.81. The van der Waals surface area contributed by atoms with Gasteiger partial charge in [0.2, 0.25) is 0 Å². The minimum Gasteiger partial charge on any atom is -0.633 e. The molecule has 0 saturated carbocycles. The van der Waals surface area contributed by atoms with E-state index in [1.807, 2.05) is 0 Å². The number of carboxylic acids is 1. The van der Waals surface area contributed by atoms with E-state index in [1.165, 1.54) is 12.1 Å². The van der Waals surface area contributed by atoms with Crippen molar-refractivity contribution in [2.45, 2.75) is 25.0 Å². The Morgan fingerprint density at radius 3 is 2.58 bits per heavy atom. The number of halogens is 1. The molecule has 138 valence electrons. The van der Waals surface area contributed by atoms with Crippen LogP contribution in [0, 0.1) is 11.0 Å². The van der Waals surface area contributed by atoms with Crippen molar-refractivity contribution in [2.24, 2.45) is 0 Å². The second-order valence-electron chi connectivity index (χ2n) is 7.20. The number of rotatable bonds is 6. The monoisotopic (exact) mass is 359 g/mol. The maximum Gasteiger partial charge on any atom is 0.335 e. The fourth-order valence-corrected chi connectivity index (χ4v) is 3.54. The fourth-order valence-electron chi connectivity index (χ4n) is 3.54. The number of quaternary nitrogens is 1. The number of hydrogen-bond donors (Lipinski definition) is 1. The lowest BCUT2D eigenvalue weighted by Crippen LogP contribution is -2.35. The summed E-state index contributed by atoms with van der Waals surface area (Å²) in [5.74, 6) is -1.32. The van der Waals surface area contributed by atoms with Gasteiger partial charge in [0.1, 0.15) is 11.4 Å². The van der Waals surface area contributed by atoms with Crippen molar-refractivity contribution in [1.29, 1.82) is 0 Å². The standard InChI is InChI=1S/C20H22FNO4/c1-22(2,25)11-3-10-20(16-5-7-17(21)8-6-16)18-9-4-14(19(23)24)12-15(18)13-26-20/h4-9,12H,3,10-11,13H2,1-2H3,(H,23,24). The van der Waals surface area contributed by atoms with Crippen LogP contribution in [0.25, 0.3) is 0 Å². The second kappa shape index (κ2) is 6.79. The number of benzene rings is 2. The van der Waals surface area contributed by atoms with Gasteiger partial charge in [-0.05, 0) is 47.4 Å². The number of fused-ring (bicyclic) bond motifs is 1. The van der Waals surface area contributed by atoms with Gasteiger partial charge in [-0.3, -0.25) is 0 Å². The molecule has 6 heteroatoms. The van der Waals surface area contributed by atoms with Crippen LogP contribution in [0.2, 0.25) is 0 Å². The lowest BCUT2D eigenvalue weighted by Gasteiger charge is -2.36. The number of carbonyl (C=O) groups is 1. The van der Waals surface area contributed by atoms with Crippen LogP contribution >= 0.6 is 0 Å². The van der Waals surface area contributed by atoms with Crippen molar-refractivity contribution in [3.05, 3.63) is 75.7 Å². The molecule has 1 N–H and O–H groups in total. The lowest BCUT2D eigenvalue weighted by molar-refractivity contribution is -0.840. The van der Waals surface area contributed by atoms with Gasteiger partial charge < -0.3 is 19.7 Å². The van der Waals surface area contributed by atoms with E-state index in [2.05, 4.69) is 0 Å². The molecule has 0 fully saturated rings. The maximum atomic E-state index is 13.4. The van der Waals surface area contributed by atoms with E-state index >= 15 is 0 Å². The van der Waals surface area contributed by atoms with Gasteiger partial charge in [0.05, 0.1) is 32.8 Å². The average molecular weight is 359 g/mol. The molecular weight excluding hydrogens is 337 g/mol. The van der Waals surface area contributed by atoms with E-state index in [4.69, 9.17) is 4.74 Å². The Morgan fingerprint density at radius 2 is 1.96 bits per heavy atom. The summed E-state index contributed by atoms with van der Waals surface area (Å²) >= 11 is 0. The van der Waals surface area contributed by atoms with Gasteiger partial charge in [0, 0.05) is 6.42 Å². The number of aromatic carboxylic acids is 1. The average Bonchev–Trinajstić information content (AvgIpc) is 2.93. The number of nitrogens with zero attached hydrogens (tertiary/aromatic N) is 1. The quantitative estimate of drug-likeness (QED) is 0.631. The highest BCUT2D eigenvalue weighted by Gasteiger charge is 2.41. The topological polar surface area (TPSA) is 69.6 Å². The van der Waals surface area contributed by atoms with Crippen molar-refractivity contribution in [3.8, 4) is 0 Å². The molecular formula is C20H22FNO4. The molecule has 1 heterocycles. The van der Waals surface area contributed by atoms with Crippen LogP contribution in [0.4, 0.5) is 4.39 Å². The summed E-state index contributed by atoms with van der Waals surface area (Å²) in [5.41, 5.74) is 1.90. The predicted molar refractivity (Wildman–Crippen MR) is 94.9 cm³/mol. The molecule has 26 heavy (non-hydrogen) atoms. The Bertz CT molecular complexity index is 814. The zero-order valence-electron chi connectivity index (χ0n) is 14.9. The van der Waals surface area contributed by atoms with Crippen LogP contribution in [-0.4, -0.2) is 36.4 Å². The van der Waals surface area contributed by atoms with E-state index in [0.717, 1.165) is 16.7 Å². The first kappa shape index (κ1) is 18.5. The molecule has 1 aliphatic rings. The summed E-state index contributed by atoms with van der Waals surface area (Å²) in [6.07, 6.45) is 1.18. The molecule has 1 aliphatic heterocycles. The minimum absolute atomic E-state index is 0.208. The van der Waals surface area contributed by atoms with Crippen molar-refractivity contribution in [3.63, 3.8) is 0 Å². The SMILES string of the molecule is C[N+](C)([O-])CCCC1(c2ccc(F)cc2)OCc2cc(C(=O)O)ccc21. The normalized spacial score (nSPS) is 19.4. The highest BCUT2D eigenvalue weighted by Crippen LogP contribution is 2.45. The Balaban J connectivity index is 2.01. The van der Waals surface area contributed by atoms with E-state index < -0.39 is 16.2 Å². The summed E-state index contributed by atoms with van der Waals surface area (Å²) in [4.78, 5) is 11.2. The van der Waals surface area contributed by atoms with E-state index in [1.54, 1.807) is 44.4 Å². The molecule has 0 radical (unpaired) electrons. The summed E-state index contributed by atoms with van der Waals surface area (Å²) < 4.78 is 19.2. The van der Waals surface area contributed by atoms with Crippen LogP contribution in [0.3, 0.4) is 0 Å². The molecule has 2 aromatic carbocycles. The summed E-state index contributed by atoms with van der Waals surface area (Å²) in [5, 5.41) is 21.1. The third kappa shape index (κ3) is 3.62. The Kier molecular flexibility index (Phi) is 4.84. The first-order valence-corrected chi connectivity index (χ1v) is 8.52. The van der Waals surface area contributed by atoms with E-state index in [0.29, 0.717) is 19.4 Å². The molecule has 1 atom stereocenters. The molecule has 0 bridgehead atoms. The van der Waals surface area contributed by atoms with Crippen molar-refractivity contribution < 1.29 is 23.7 Å². The van der Waals surface area contributed by atoms with E-state index in [-0.39, 0.29) is 18.0 Å². The number of ether oxygens (including phenoxy) is 1. The number of hydroxylamine groups is 3. The molecule has 3 rings (SSSR count). The summed E-state index contributed by atoms with van der Waals surface area (Å²) in [6.45, 7) is 0.707. The van der Waals surface area contributed by atoms with Crippen molar-refractivity contribution >= 4 is 5.97 Å². The summed E-state index contributed by atoms with van der Waals surface area (Å²) in [7, 11) is 3.18. The van der Waals surface area contributed by atoms with Gasteiger partial charge in [-0.1, -0.05) is 18.2 Å². The third-order valence-electron chi connectivity index (χ3n) is 4.80. The zero-order chi connectivity index (χ0) is 18.9. The molecule has 1 unspecified atom stereocenters. The van der Waals surface area contributed by atoms with Gasteiger partial charge in [0.15, 0.2) is 0 Å². The molecule has 0 aromatic heterocycles. The largest absolute Gasteiger partial charge is 0.633 e. The first-order chi connectivity index (χ1) is 12.2. The first-order valence-electron chi connectivity index (χ1n) is 8.52. The van der Waals surface area contributed by atoms with Crippen LogP contribution in [0.5, 0.6) is 0 Å². The fraction of sp³-hybridized carbons (Fsp3) is 0.350. The second-order valence-corrected chi connectivity index (χ2v) is 7.20. The minimum atomic E-state index is -0.988. The third-order valence-corrected chi connectivity index (χ3v) is 4.80. The summed E-state index contributed by atoms with van der Waals surface area (Å²) in [6, 6.07) is 11.1. The van der Waals surface area contributed by atoms with Gasteiger partial charge in [0.25, 0.3) is 0 Å². The predicted octanol–water partition coefficient (Wildman–Crippen LogP) is 3.65. The van der Waals surface area contributed by atoms with Crippen LogP contribution < -0.4 is 0 Å². The number of hydrogen-bond acceptors (Lipinski definition) is 3. The highest BCUT2D eigenvalue weighted by atomic mass is 19.1.